The van der Waals surface area contributed by atoms with Gasteiger partial charge in [0.15, 0.2) is 5.82 Å². The van der Waals surface area contributed by atoms with Gasteiger partial charge in [-0.1, -0.05) is 6.92 Å². The summed E-state index contributed by atoms with van der Waals surface area (Å²) in [4.78, 5) is 11.7. The lowest BCUT2D eigenvalue weighted by Crippen LogP contribution is -2.38. The summed E-state index contributed by atoms with van der Waals surface area (Å²) in [6, 6.07) is 0. The Morgan fingerprint density at radius 3 is 3.20 bits per heavy atom. The van der Waals surface area contributed by atoms with Crippen LogP contribution in [0.4, 0.5) is 0 Å². The number of morpholine rings is 1. The number of aromatic nitrogens is 2. The highest BCUT2D eigenvalue weighted by molar-refractivity contribution is 5.22. The molecule has 2 atom stereocenters. The molecule has 2 aliphatic rings. The van der Waals surface area contributed by atoms with Crippen LogP contribution in [-0.4, -0.2) is 47.7 Å². The minimum atomic E-state index is 0.0289. The van der Waals surface area contributed by atoms with Crippen molar-refractivity contribution < 1.29 is 4.74 Å². The second-order valence-corrected chi connectivity index (χ2v) is 5.80. The van der Waals surface area contributed by atoms with Gasteiger partial charge in [0.1, 0.15) is 6.10 Å². The van der Waals surface area contributed by atoms with E-state index in [-0.39, 0.29) is 6.10 Å². The van der Waals surface area contributed by atoms with Gasteiger partial charge in [0.05, 0.1) is 6.61 Å². The first-order valence-electron chi connectivity index (χ1n) is 7.68. The number of likely N-dealkylation sites (N-methyl/N-ethyl adjacent to an activating group) is 1. The van der Waals surface area contributed by atoms with Gasteiger partial charge in [-0.3, -0.25) is 4.90 Å². The first kappa shape index (κ1) is 13.9. The van der Waals surface area contributed by atoms with Gasteiger partial charge in [-0.25, -0.2) is 9.97 Å². The first-order valence-corrected chi connectivity index (χ1v) is 7.68. The molecule has 1 aromatic rings. The summed E-state index contributed by atoms with van der Waals surface area (Å²) in [7, 11) is 0. The molecule has 5 nitrogen and oxygen atoms in total. The van der Waals surface area contributed by atoms with E-state index in [0.29, 0.717) is 5.92 Å². The van der Waals surface area contributed by atoms with E-state index >= 15 is 0 Å². The Morgan fingerprint density at radius 2 is 2.40 bits per heavy atom. The maximum Gasteiger partial charge on any atom is 0.158 e. The monoisotopic (exact) mass is 276 g/mol. The zero-order valence-electron chi connectivity index (χ0n) is 12.2. The van der Waals surface area contributed by atoms with E-state index in [1.165, 1.54) is 11.3 Å². The van der Waals surface area contributed by atoms with Gasteiger partial charge in [0.2, 0.25) is 0 Å². The summed E-state index contributed by atoms with van der Waals surface area (Å²) < 4.78 is 5.84. The van der Waals surface area contributed by atoms with E-state index in [9.17, 15) is 0 Å². The first-order chi connectivity index (χ1) is 9.80. The smallest absolute Gasteiger partial charge is 0.158 e. The summed E-state index contributed by atoms with van der Waals surface area (Å²) >= 11 is 0. The van der Waals surface area contributed by atoms with Crippen LogP contribution in [0, 0.1) is 5.92 Å². The van der Waals surface area contributed by atoms with Crippen molar-refractivity contribution in [1.29, 1.82) is 0 Å². The molecule has 1 aromatic heterocycles. The molecule has 0 saturated carbocycles. The molecule has 2 N–H and O–H groups in total. The van der Waals surface area contributed by atoms with Crippen LogP contribution in [-0.2, 0) is 17.6 Å². The highest BCUT2D eigenvalue weighted by atomic mass is 16.5. The van der Waals surface area contributed by atoms with Crippen LogP contribution in [0.1, 0.15) is 36.5 Å². The zero-order valence-corrected chi connectivity index (χ0v) is 12.2. The van der Waals surface area contributed by atoms with E-state index in [2.05, 4.69) is 16.8 Å². The molecule has 0 spiro atoms. The summed E-state index contributed by atoms with van der Waals surface area (Å²) in [5, 5.41) is 0. The second kappa shape index (κ2) is 6.16. The van der Waals surface area contributed by atoms with Crippen molar-refractivity contribution in [2.24, 2.45) is 11.7 Å². The standard InChI is InChI=1S/C15H24N4O/c1-2-19-5-6-20-14(10-19)15-17-9-12-7-11(8-16)3-4-13(12)18-15/h9,11,14H,2-8,10,16H2,1H3. The van der Waals surface area contributed by atoms with Crippen molar-refractivity contribution in [1.82, 2.24) is 14.9 Å². The maximum atomic E-state index is 5.84. The van der Waals surface area contributed by atoms with Crippen LogP contribution < -0.4 is 5.73 Å². The molecule has 3 rings (SSSR count). The van der Waals surface area contributed by atoms with Crippen LogP contribution in [0.5, 0.6) is 0 Å². The third-order valence-electron chi connectivity index (χ3n) is 4.49. The minimum Gasteiger partial charge on any atom is -0.368 e. The lowest BCUT2D eigenvalue weighted by atomic mass is 9.87. The zero-order chi connectivity index (χ0) is 13.9. The summed E-state index contributed by atoms with van der Waals surface area (Å²) in [5.74, 6) is 1.45. The second-order valence-electron chi connectivity index (χ2n) is 5.80. The molecule has 0 bridgehead atoms. The number of hydrogen-bond acceptors (Lipinski definition) is 5. The van der Waals surface area contributed by atoms with E-state index in [0.717, 1.165) is 57.9 Å². The molecule has 20 heavy (non-hydrogen) atoms. The molecule has 0 aromatic carbocycles. The molecular weight excluding hydrogens is 252 g/mol. The van der Waals surface area contributed by atoms with E-state index < -0.39 is 0 Å². The average Bonchev–Trinajstić information content (AvgIpc) is 2.54. The molecule has 0 amide bonds. The van der Waals surface area contributed by atoms with Crippen LogP contribution in [0.15, 0.2) is 6.20 Å². The molecule has 0 radical (unpaired) electrons. The molecule has 1 fully saturated rings. The van der Waals surface area contributed by atoms with Crippen molar-refractivity contribution in [2.75, 3.05) is 32.8 Å². The fourth-order valence-corrected chi connectivity index (χ4v) is 3.10. The number of hydrogen-bond donors (Lipinski definition) is 1. The third kappa shape index (κ3) is 2.85. The largest absolute Gasteiger partial charge is 0.368 e. The van der Waals surface area contributed by atoms with Crippen molar-refractivity contribution >= 4 is 0 Å². The number of rotatable bonds is 3. The minimum absolute atomic E-state index is 0.0289. The van der Waals surface area contributed by atoms with Gasteiger partial charge < -0.3 is 10.5 Å². The normalized spacial score (nSPS) is 27.3. The SMILES string of the molecule is CCN1CCOC(c2ncc3c(n2)CCC(CN)C3)C1. The highest BCUT2D eigenvalue weighted by Crippen LogP contribution is 2.25. The van der Waals surface area contributed by atoms with Crippen molar-refractivity contribution in [3.05, 3.63) is 23.3 Å². The van der Waals surface area contributed by atoms with Crippen molar-refractivity contribution in [2.45, 2.75) is 32.3 Å². The average molecular weight is 276 g/mol. The van der Waals surface area contributed by atoms with E-state index in [1.807, 2.05) is 6.20 Å². The highest BCUT2D eigenvalue weighted by Gasteiger charge is 2.25. The third-order valence-corrected chi connectivity index (χ3v) is 4.49. The molecule has 1 aliphatic heterocycles. The van der Waals surface area contributed by atoms with Crippen molar-refractivity contribution in [3.63, 3.8) is 0 Å². The summed E-state index contributed by atoms with van der Waals surface area (Å²) in [6.45, 7) is 6.69. The Balaban J connectivity index is 1.75. The van der Waals surface area contributed by atoms with Gasteiger partial charge in [-0.05, 0) is 43.8 Å². The van der Waals surface area contributed by atoms with Gasteiger partial charge >= 0.3 is 0 Å². The topological polar surface area (TPSA) is 64.3 Å². The van der Waals surface area contributed by atoms with Gasteiger partial charge in [-0.15, -0.1) is 0 Å². The molecule has 110 valence electrons. The Hall–Kier alpha value is -1.04. The Morgan fingerprint density at radius 1 is 1.50 bits per heavy atom. The van der Waals surface area contributed by atoms with Crippen LogP contribution >= 0.6 is 0 Å². The number of ether oxygens (including phenoxy) is 1. The molecule has 2 heterocycles. The Kier molecular flexibility index (Phi) is 4.29. The molecule has 1 saturated heterocycles. The van der Waals surface area contributed by atoms with Gasteiger partial charge in [0, 0.05) is 25.0 Å². The molecule has 5 heteroatoms. The van der Waals surface area contributed by atoms with Crippen LogP contribution in [0.2, 0.25) is 0 Å². The number of aryl methyl sites for hydroxylation is 1. The number of fused-ring (bicyclic) bond motifs is 1. The fourth-order valence-electron chi connectivity index (χ4n) is 3.10. The predicted molar refractivity (Wildman–Crippen MR) is 77.4 cm³/mol. The predicted octanol–water partition coefficient (Wildman–Crippen LogP) is 0.933. The molecule has 2 unspecified atom stereocenters. The molecular formula is C15H24N4O. The summed E-state index contributed by atoms with van der Waals surface area (Å²) in [5.41, 5.74) is 8.25. The van der Waals surface area contributed by atoms with Crippen LogP contribution in [0.25, 0.3) is 0 Å². The summed E-state index contributed by atoms with van der Waals surface area (Å²) in [6.07, 6.45) is 5.22. The lowest BCUT2D eigenvalue weighted by Gasteiger charge is -2.31. The quantitative estimate of drug-likeness (QED) is 0.890. The maximum absolute atomic E-state index is 5.84. The molecule has 1 aliphatic carbocycles. The van der Waals surface area contributed by atoms with E-state index in [1.54, 1.807) is 0 Å². The van der Waals surface area contributed by atoms with Gasteiger partial charge in [-0.2, -0.15) is 0 Å². The Bertz CT molecular complexity index is 465. The van der Waals surface area contributed by atoms with Crippen LogP contribution in [0.3, 0.4) is 0 Å². The van der Waals surface area contributed by atoms with E-state index in [4.69, 9.17) is 15.5 Å². The Labute approximate surface area is 120 Å². The lowest BCUT2D eigenvalue weighted by molar-refractivity contribution is -0.0327. The van der Waals surface area contributed by atoms with Crippen molar-refractivity contribution in [3.8, 4) is 0 Å². The fraction of sp³-hybridized carbons (Fsp3) is 0.733. The number of nitrogens with zero attached hydrogens (tertiary/aromatic N) is 3. The number of nitrogens with two attached hydrogens (primary N) is 1. The van der Waals surface area contributed by atoms with Gasteiger partial charge in [0.25, 0.3) is 0 Å².